The highest BCUT2D eigenvalue weighted by atomic mass is 16.1. The predicted molar refractivity (Wildman–Crippen MR) is 94.4 cm³/mol. The molecule has 1 rings (SSSR count). The third kappa shape index (κ3) is 6.05. The van der Waals surface area contributed by atoms with Crippen LogP contribution < -0.4 is 5.73 Å². The van der Waals surface area contributed by atoms with Gasteiger partial charge in [-0.3, -0.25) is 4.79 Å². The van der Waals surface area contributed by atoms with Crippen molar-refractivity contribution in [1.82, 2.24) is 0 Å². The Bertz CT molecular complexity index is 464. The fraction of sp³-hybridized carbons (Fsp3) is 0.550. The monoisotopic (exact) mass is 301 g/mol. The van der Waals surface area contributed by atoms with Crippen molar-refractivity contribution in [2.45, 2.75) is 52.9 Å². The maximum absolute atomic E-state index is 11.9. The number of allylic oxidation sites excluding steroid dienone is 1. The lowest BCUT2D eigenvalue weighted by Gasteiger charge is -2.30. The molecule has 0 bridgehead atoms. The summed E-state index contributed by atoms with van der Waals surface area (Å²) in [4.78, 5) is 11.9. The Morgan fingerprint density at radius 1 is 1.32 bits per heavy atom. The third-order valence-electron chi connectivity index (χ3n) is 4.62. The molecule has 0 aliphatic carbocycles. The number of aryl methyl sites for hydroxylation is 1. The van der Waals surface area contributed by atoms with Crippen molar-refractivity contribution < 1.29 is 4.79 Å². The van der Waals surface area contributed by atoms with Crippen LogP contribution in [0.5, 0.6) is 0 Å². The van der Waals surface area contributed by atoms with Crippen molar-refractivity contribution in [2.75, 3.05) is 0 Å². The standard InChI is InChI=1S/C20H31NO/c1-5-17(15-20(3,4)6-2)18(19(21)22)14-10-13-16-11-8-7-9-12-16/h6-9,11-12,17-18H,2,5,10,13-15H2,1,3-4H3,(H2,21,22)/t17-,18?/m0/s1. The molecule has 2 nitrogen and oxygen atoms in total. The van der Waals surface area contributed by atoms with Gasteiger partial charge in [0, 0.05) is 5.92 Å². The van der Waals surface area contributed by atoms with E-state index in [1.807, 2.05) is 12.1 Å². The molecule has 0 aromatic heterocycles. The van der Waals surface area contributed by atoms with Crippen molar-refractivity contribution in [3.05, 3.63) is 48.6 Å². The molecule has 0 saturated heterocycles. The van der Waals surface area contributed by atoms with E-state index in [0.717, 1.165) is 32.1 Å². The summed E-state index contributed by atoms with van der Waals surface area (Å²) in [5.74, 6) is 0.147. The fourth-order valence-electron chi connectivity index (χ4n) is 3.11. The van der Waals surface area contributed by atoms with Crippen LogP contribution in [0.2, 0.25) is 0 Å². The van der Waals surface area contributed by atoms with Crippen LogP contribution in [0.25, 0.3) is 0 Å². The van der Waals surface area contributed by atoms with Gasteiger partial charge in [0.25, 0.3) is 0 Å². The Balaban J connectivity index is 2.63. The minimum absolute atomic E-state index is 0.0343. The Hall–Kier alpha value is -1.57. The summed E-state index contributed by atoms with van der Waals surface area (Å²) >= 11 is 0. The lowest BCUT2D eigenvalue weighted by Crippen LogP contribution is -2.32. The first-order valence-electron chi connectivity index (χ1n) is 8.36. The molecule has 1 amide bonds. The molecule has 0 aliphatic rings. The zero-order chi connectivity index (χ0) is 16.6. The average molecular weight is 301 g/mol. The van der Waals surface area contributed by atoms with Gasteiger partial charge in [-0.25, -0.2) is 0 Å². The van der Waals surface area contributed by atoms with Gasteiger partial charge in [0.2, 0.25) is 5.91 Å². The van der Waals surface area contributed by atoms with E-state index >= 15 is 0 Å². The van der Waals surface area contributed by atoms with Crippen LogP contribution in [0.3, 0.4) is 0 Å². The number of primary amides is 1. The molecule has 1 aromatic carbocycles. The molecule has 1 aromatic rings. The topological polar surface area (TPSA) is 43.1 Å². The van der Waals surface area contributed by atoms with Crippen molar-refractivity contribution in [1.29, 1.82) is 0 Å². The zero-order valence-corrected chi connectivity index (χ0v) is 14.3. The molecular formula is C20H31NO. The number of carbonyl (C=O) groups excluding carboxylic acids is 1. The normalized spacial score (nSPS) is 14.3. The van der Waals surface area contributed by atoms with E-state index in [4.69, 9.17) is 5.73 Å². The van der Waals surface area contributed by atoms with Gasteiger partial charge in [-0.05, 0) is 42.6 Å². The Kier molecular flexibility index (Phi) is 7.37. The van der Waals surface area contributed by atoms with Crippen LogP contribution in [0.4, 0.5) is 0 Å². The fourth-order valence-corrected chi connectivity index (χ4v) is 3.11. The number of rotatable bonds is 10. The van der Waals surface area contributed by atoms with Gasteiger partial charge in [0.1, 0.15) is 0 Å². The summed E-state index contributed by atoms with van der Waals surface area (Å²) in [5.41, 5.74) is 7.06. The largest absolute Gasteiger partial charge is 0.369 e. The first kappa shape index (κ1) is 18.5. The van der Waals surface area contributed by atoms with Gasteiger partial charge in [0.05, 0.1) is 0 Å². The quantitative estimate of drug-likeness (QED) is 0.623. The summed E-state index contributed by atoms with van der Waals surface area (Å²) in [6.07, 6.45) is 6.81. The second-order valence-electron chi connectivity index (χ2n) is 6.95. The average Bonchev–Trinajstić information content (AvgIpc) is 2.50. The van der Waals surface area contributed by atoms with Crippen LogP contribution in [0.1, 0.15) is 52.0 Å². The van der Waals surface area contributed by atoms with Crippen LogP contribution in [-0.2, 0) is 11.2 Å². The molecule has 122 valence electrons. The van der Waals surface area contributed by atoms with Gasteiger partial charge in [0.15, 0.2) is 0 Å². The van der Waals surface area contributed by atoms with Crippen molar-refractivity contribution >= 4 is 5.91 Å². The first-order chi connectivity index (χ1) is 10.4. The maximum atomic E-state index is 11.9. The highest BCUT2D eigenvalue weighted by molar-refractivity contribution is 5.76. The van der Waals surface area contributed by atoms with Gasteiger partial charge in [-0.2, -0.15) is 0 Å². The van der Waals surface area contributed by atoms with Crippen molar-refractivity contribution in [3.63, 3.8) is 0 Å². The van der Waals surface area contributed by atoms with Gasteiger partial charge >= 0.3 is 0 Å². The molecule has 1 unspecified atom stereocenters. The molecule has 0 spiro atoms. The summed E-state index contributed by atoms with van der Waals surface area (Å²) < 4.78 is 0. The summed E-state index contributed by atoms with van der Waals surface area (Å²) in [7, 11) is 0. The molecular weight excluding hydrogens is 270 g/mol. The summed E-state index contributed by atoms with van der Waals surface area (Å²) in [6.45, 7) is 10.4. The van der Waals surface area contributed by atoms with E-state index in [1.54, 1.807) is 0 Å². The zero-order valence-electron chi connectivity index (χ0n) is 14.3. The van der Waals surface area contributed by atoms with E-state index in [0.29, 0.717) is 5.92 Å². The number of hydrogen-bond acceptors (Lipinski definition) is 1. The Morgan fingerprint density at radius 2 is 1.95 bits per heavy atom. The van der Waals surface area contributed by atoms with Crippen LogP contribution in [-0.4, -0.2) is 5.91 Å². The number of carbonyl (C=O) groups is 1. The minimum atomic E-state index is -0.153. The molecule has 0 aliphatic heterocycles. The molecule has 2 heteroatoms. The highest BCUT2D eigenvalue weighted by Gasteiger charge is 2.29. The van der Waals surface area contributed by atoms with Gasteiger partial charge in [-0.1, -0.05) is 63.6 Å². The predicted octanol–water partition coefficient (Wildman–Crippen LogP) is 4.74. The maximum Gasteiger partial charge on any atom is 0.220 e. The minimum Gasteiger partial charge on any atom is -0.369 e. The van der Waals surface area contributed by atoms with Crippen molar-refractivity contribution in [2.24, 2.45) is 23.0 Å². The Morgan fingerprint density at radius 3 is 2.45 bits per heavy atom. The SMILES string of the molecule is C=CC(C)(C)C[C@H](CC)C(CCCc1ccccc1)C(N)=O. The van der Waals surface area contributed by atoms with E-state index in [-0.39, 0.29) is 17.2 Å². The highest BCUT2D eigenvalue weighted by Crippen LogP contribution is 2.34. The van der Waals surface area contributed by atoms with E-state index in [1.165, 1.54) is 5.56 Å². The molecule has 0 radical (unpaired) electrons. The van der Waals surface area contributed by atoms with E-state index in [9.17, 15) is 4.79 Å². The number of hydrogen-bond donors (Lipinski definition) is 1. The van der Waals surface area contributed by atoms with Crippen LogP contribution in [0.15, 0.2) is 43.0 Å². The lowest BCUT2D eigenvalue weighted by molar-refractivity contribution is -0.124. The van der Waals surface area contributed by atoms with E-state index in [2.05, 4.69) is 51.6 Å². The molecule has 2 atom stereocenters. The number of nitrogens with two attached hydrogens (primary N) is 1. The van der Waals surface area contributed by atoms with Gasteiger partial charge < -0.3 is 5.73 Å². The molecule has 0 heterocycles. The molecule has 22 heavy (non-hydrogen) atoms. The molecule has 2 N–H and O–H groups in total. The van der Waals surface area contributed by atoms with E-state index < -0.39 is 0 Å². The van der Waals surface area contributed by atoms with Crippen LogP contribution in [0, 0.1) is 17.3 Å². The molecule has 0 saturated carbocycles. The Labute approximate surface area is 135 Å². The number of benzene rings is 1. The number of amides is 1. The summed E-state index contributed by atoms with van der Waals surface area (Å²) in [6, 6.07) is 10.4. The molecule has 0 fully saturated rings. The second kappa shape index (κ2) is 8.77. The lowest BCUT2D eigenvalue weighted by atomic mass is 9.74. The smallest absolute Gasteiger partial charge is 0.220 e. The second-order valence-corrected chi connectivity index (χ2v) is 6.95. The van der Waals surface area contributed by atoms with Gasteiger partial charge in [-0.15, -0.1) is 6.58 Å². The third-order valence-corrected chi connectivity index (χ3v) is 4.62. The summed E-state index contributed by atoms with van der Waals surface area (Å²) in [5, 5.41) is 0. The van der Waals surface area contributed by atoms with Crippen LogP contribution >= 0.6 is 0 Å². The first-order valence-corrected chi connectivity index (χ1v) is 8.36. The van der Waals surface area contributed by atoms with Crippen molar-refractivity contribution in [3.8, 4) is 0 Å².